The van der Waals surface area contributed by atoms with Gasteiger partial charge in [0.05, 0.1) is 23.6 Å². The second-order valence-electron chi connectivity index (χ2n) is 8.29. The molecular formula is C21H25ClN6O2. The highest BCUT2D eigenvalue weighted by molar-refractivity contribution is 6.30. The fraction of sp³-hybridized carbons (Fsp3) is 0.476. The van der Waals surface area contributed by atoms with Gasteiger partial charge in [0.25, 0.3) is 5.91 Å². The van der Waals surface area contributed by atoms with Crippen molar-refractivity contribution in [1.82, 2.24) is 15.1 Å². The topological polar surface area (TPSA) is 129 Å². The Kier molecular flexibility index (Phi) is 5.69. The maximum Gasteiger partial charge on any atom is 0.254 e. The molecule has 1 heterocycles. The minimum absolute atomic E-state index is 0.143. The molecule has 2 aliphatic rings. The van der Waals surface area contributed by atoms with E-state index in [0.29, 0.717) is 23.8 Å². The molecule has 0 saturated heterocycles. The van der Waals surface area contributed by atoms with Gasteiger partial charge in [0.2, 0.25) is 0 Å². The number of carbonyl (C=O) groups excluding carboxylic acids is 1. The van der Waals surface area contributed by atoms with Gasteiger partial charge in [-0.05, 0) is 56.4 Å². The largest absolute Gasteiger partial charge is 0.389 e. The van der Waals surface area contributed by atoms with Gasteiger partial charge in [-0.15, -0.1) is 0 Å². The van der Waals surface area contributed by atoms with E-state index in [-0.39, 0.29) is 23.6 Å². The van der Waals surface area contributed by atoms with Crippen molar-refractivity contribution in [2.24, 2.45) is 11.7 Å². The third-order valence-corrected chi connectivity index (χ3v) is 6.22. The highest BCUT2D eigenvalue weighted by Crippen LogP contribution is 2.37. The molecule has 2 aromatic rings. The molecule has 9 heteroatoms. The second kappa shape index (κ2) is 8.26. The lowest BCUT2D eigenvalue weighted by Gasteiger charge is -2.33. The summed E-state index contributed by atoms with van der Waals surface area (Å²) in [4.78, 5) is 12.0. The van der Waals surface area contributed by atoms with Crippen LogP contribution in [0.4, 0.5) is 11.5 Å². The zero-order chi connectivity index (χ0) is 21.3. The number of nitrogens with one attached hydrogen (secondary N) is 2. The molecule has 0 radical (unpaired) electrons. The number of carbonyl (C=O) groups is 1. The van der Waals surface area contributed by atoms with Crippen molar-refractivity contribution < 1.29 is 9.90 Å². The number of halogens is 1. The number of nitrogens with two attached hydrogens (primary N) is 1. The van der Waals surface area contributed by atoms with Gasteiger partial charge in [-0.3, -0.25) is 9.48 Å². The van der Waals surface area contributed by atoms with E-state index in [1.165, 1.54) is 0 Å². The number of primary amides is 1. The first-order valence-corrected chi connectivity index (χ1v) is 10.5. The predicted octanol–water partition coefficient (Wildman–Crippen LogP) is 2.73. The number of hydrogen-bond donors (Lipinski definition) is 4. The summed E-state index contributed by atoms with van der Waals surface area (Å²) < 4.78 is 1.69. The van der Waals surface area contributed by atoms with E-state index >= 15 is 0 Å². The van der Waals surface area contributed by atoms with Crippen LogP contribution in [0.5, 0.6) is 0 Å². The van der Waals surface area contributed by atoms with Crippen LogP contribution in [0.2, 0.25) is 5.02 Å². The second-order valence-corrected chi connectivity index (χ2v) is 8.72. The summed E-state index contributed by atoms with van der Waals surface area (Å²) >= 11 is 5.93. The van der Waals surface area contributed by atoms with Gasteiger partial charge in [-0.2, -0.15) is 10.4 Å². The summed E-state index contributed by atoms with van der Waals surface area (Å²) in [5.41, 5.74) is 6.01. The van der Waals surface area contributed by atoms with E-state index in [0.717, 1.165) is 31.4 Å². The monoisotopic (exact) mass is 428 g/mol. The quantitative estimate of drug-likeness (QED) is 0.536. The molecule has 0 spiro atoms. The van der Waals surface area contributed by atoms with Crippen molar-refractivity contribution in [3.63, 3.8) is 0 Å². The first kappa shape index (κ1) is 20.7. The maximum absolute atomic E-state index is 12.0. The molecule has 1 amide bonds. The molecule has 4 rings (SSSR count). The summed E-state index contributed by atoms with van der Waals surface area (Å²) in [6.07, 6.45) is 5.58. The smallest absolute Gasteiger partial charge is 0.254 e. The molecule has 1 aromatic heterocycles. The Hall–Kier alpha value is -2.60. The van der Waals surface area contributed by atoms with Gasteiger partial charge >= 0.3 is 0 Å². The van der Waals surface area contributed by atoms with Gasteiger partial charge < -0.3 is 21.5 Å². The van der Waals surface area contributed by atoms with Gasteiger partial charge in [-0.1, -0.05) is 11.6 Å². The highest BCUT2D eigenvalue weighted by atomic mass is 35.5. The van der Waals surface area contributed by atoms with Crippen molar-refractivity contribution in [3.05, 3.63) is 41.0 Å². The number of rotatable bonds is 7. The summed E-state index contributed by atoms with van der Waals surface area (Å²) in [7, 11) is 0. The van der Waals surface area contributed by atoms with Crippen LogP contribution in [0, 0.1) is 17.2 Å². The molecule has 3 atom stereocenters. The first-order valence-electron chi connectivity index (χ1n) is 10.1. The van der Waals surface area contributed by atoms with Crippen LogP contribution in [0.1, 0.15) is 48.5 Å². The molecule has 0 bridgehead atoms. The summed E-state index contributed by atoms with van der Waals surface area (Å²) in [5, 5.41) is 31.4. The molecule has 3 unspecified atom stereocenters. The Labute approximate surface area is 180 Å². The third-order valence-electron chi connectivity index (χ3n) is 5.97. The fourth-order valence-electron chi connectivity index (χ4n) is 3.95. The number of benzene rings is 1. The average Bonchev–Trinajstić information content (AvgIpc) is 3.32. The normalized spacial score (nSPS) is 24.8. The lowest BCUT2D eigenvalue weighted by atomic mass is 9.82. The Balaban J connectivity index is 1.49. The van der Waals surface area contributed by atoms with Crippen LogP contribution in [-0.4, -0.2) is 39.0 Å². The van der Waals surface area contributed by atoms with Gasteiger partial charge in [0.15, 0.2) is 5.82 Å². The maximum atomic E-state index is 12.0. The lowest BCUT2D eigenvalue weighted by Crippen LogP contribution is -2.42. The number of aliphatic hydroxyl groups is 1. The predicted molar refractivity (Wildman–Crippen MR) is 113 cm³/mol. The fourth-order valence-corrected chi connectivity index (χ4v) is 4.08. The van der Waals surface area contributed by atoms with Crippen LogP contribution in [0.3, 0.4) is 0 Å². The average molecular weight is 429 g/mol. The Morgan fingerprint density at radius 2 is 2.10 bits per heavy atom. The van der Waals surface area contributed by atoms with Gasteiger partial charge in [-0.25, -0.2) is 0 Å². The molecule has 5 N–H and O–H groups in total. The van der Waals surface area contributed by atoms with Crippen molar-refractivity contribution in [3.8, 4) is 6.07 Å². The number of amides is 1. The number of nitriles is 1. The van der Waals surface area contributed by atoms with Crippen molar-refractivity contribution in [2.45, 2.75) is 49.8 Å². The van der Waals surface area contributed by atoms with E-state index in [9.17, 15) is 15.2 Å². The van der Waals surface area contributed by atoms with E-state index < -0.39 is 11.5 Å². The molecular weight excluding hydrogens is 404 g/mol. The summed E-state index contributed by atoms with van der Waals surface area (Å²) in [6.45, 7) is 0.573. The molecule has 8 nitrogen and oxygen atoms in total. The number of aromatic nitrogens is 2. The number of anilines is 2. The van der Waals surface area contributed by atoms with E-state index in [2.05, 4.69) is 21.8 Å². The lowest BCUT2D eigenvalue weighted by molar-refractivity contribution is 0.100. The third kappa shape index (κ3) is 4.59. The van der Waals surface area contributed by atoms with E-state index in [1.54, 1.807) is 35.1 Å². The Morgan fingerprint density at radius 1 is 1.37 bits per heavy atom. The Morgan fingerprint density at radius 3 is 2.73 bits per heavy atom. The van der Waals surface area contributed by atoms with Crippen LogP contribution in [0.25, 0.3) is 0 Å². The molecule has 2 fully saturated rings. The van der Waals surface area contributed by atoms with Gasteiger partial charge in [0.1, 0.15) is 5.56 Å². The molecule has 2 aliphatic carbocycles. The zero-order valence-corrected chi connectivity index (χ0v) is 17.3. The Bertz CT molecular complexity index is 963. The van der Waals surface area contributed by atoms with Crippen molar-refractivity contribution in [1.29, 1.82) is 5.26 Å². The first-order chi connectivity index (χ1) is 14.4. The van der Waals surface area contributed by atoms with Crippen LogP contribution in [0.15, 0.2) is 30.5 Å². The highest BCUT2D eigenvalue weighted by Gasteiger charge is 2.41. The van der Waals surface area contributed by atoms with Crippen LogP contribution in [-0.2, 0) is 0 Å². The van der Waals surface area contributed by atoms with Gasteiger partial charge in [0, 0.05) is 29.5 Å². The molecule has 158 valence electrons. The van der Waals surface area contributed by atoms with E-state index in [1.807, 2.05) is 0 Å². The summed E-state index contributed by atoms with van der Waals surface area (Å²) in [5.74, 6) is -0.480. The molecule has 0 aliphatic heterocycles. The van der Waals surface area contributed by atoms with Crippen LogP contribution >= 0.6 is 11.6 Å². The zero-order valence-electron chi connectivity index (χ0n) is 16.5. The van der Waals surface area contributed by atoms with Crippen molar-refractivity contribution >= 4 is 29.0 Å². The standard InChI is InChI=1S/C21H25ClN6O2/c22-14-1-3-15(4-2-14)26-20-17(19(24)29)11-28(27-20)18-6-5-16(9-13(18)10-23)25-12-21(30)7-8-21/h1-4,11,13,16,18,25,30H,5-9,12H2,(H2,24,29)(H,26,27). The minimum Gasteiger partial charge on any atom is -0.389 e. The van der Waals surface area contributed by atoms with Crippen LogP contribution < -0.4 is 16.4 Å². The SMILES string of the molecule is N#CC1CC(NCC2(O)CC2)CCC1n1cc(C(N)=O)c(Nc2ccc(Cl)cc2)n1. The van der Waals surface area contributed by atoms with Crippen molar-refractivity contribution in [2.75, 3.05) is 11.9 Å². The van der Waals surface area contributed by atoms with E-state index in [4.69, 9.17) is 17.3 Å². The minimum atomic E-state index is -0.584. The number of nitrogens with zero attached hydrogens (tertiary/aromatic N) is 3. The molecule has 1 aromatic carbocycles. The molecule has 2 saturated carbocycles. The number of hydrogen-bond acceptors (Lipinski definition) is 6. The summed E-state index contributed by atoms with van der Waals surface area (Å²) in [6, 6.07) is 9.49. The molecule has 30 heavy (non-hydrogen) atoms.